The Morgan fingerprint density at radius 1 is 1.21 bits per heavy atom. The Bertz CT molecular complexity index is 545. The molecule has 0 saturated carbocycles. The molecule has 0 spiro atoms. The zero-order chi connectivity index (χ0) is 14.7. The van der Waals surface area contributed by atoms with Crippen LogP contribution in [0.1, 0.15) is 37.6 Å². The first kappa shape index (κ1) is 15.7. The lowest BCUT2D eigenvalue weighted by molar-refractivity contribution is 0.0988. The van der Waals surface area contributed by atoms with Crippen LogP contribution in [0.4, 0.5) is 5.69 Å². The molecule has 0 saturated heterocycles. The summed E-state index contributed by atoms with van der Waals surface area (Å²) in [5, 5.41) is 3.09. The Kier molecular flexibility index (Phi) is 4.74. The fourth-order valence-corrected chi connectivity index (χ4v) is 1.76. The first-order valence-corrected chi connectivity index (χ1v) is 8.13. The summed E-state index contributed by atoms with van der Waals surface area (Å²) >= 11 is 0. The predicted molar refractivity (Wildman–Crippen MR) is 78.5 cm³/mol. The molecule has 0 fully saturated rings. The maximum atomic E-state index is 11.6. The summed E-state index contributed by atoms with van der Waals surface area (Å²) in [7, 11) is -3.11. The minimum Gasteiger partial charge on any atom is -0.383 e. The van der Waals surface area contributed by atoms with Gasteiger partial charge in [0.25, 0.3) is 0 Å². The van der Waals surface area contributed by atoms with E-state index in [-0.39, 0.29) is 5.78 Å². The van der Waals surface area contributed by atoms with Gasteiger partial charge < -0.3 is 5.32 Å². The zero-order valence-electron chi connectivity index (χ0n) is 11.9. The van der Waals surface area contributed by atoms with Gasteiger partial charge in [-0.15, -0.1) is 0 Å². The van der Waals surface area contributed by atoms with E-state index in [1.807, 2.05) is 6.92 Å². The van der Waals surface area contributed by atoms with E-state index >= 15 is 0 Å². The molecule has 0 heterocycles. The molecule has 1 rings (SSSR count). The van der Waals surface area contributed by atoms with E-state index < -0.39 is 14.6 Å². The zero-order valence-corrected chi connectivity index (χ0v) is 12.7. The molecule has 0 unspecified atom stereocenters. The standard InChI is InChI=1S/C14H21NO3S/c1-5-13(16)11-6-8-12(9-7-11)15-10-14(2,3)19(4,17)18/h6-9,15H,5,10H2,1-4H3. The largest absolute Gasteiger partial charge is 0.383 e. The maximum Gasteiger partial charge on any atom is 0.162 e. The third-order valence-corrected chi connectivity index (χ3v) is 5.40. The summed E-state index contributed by atoms with van der Waals surface area (Å²) < 4.78 is 22.3. The lowest BCUT2D eigenvalue weighted by Crippen LogP contribution is -2.38. The van der Waals surface area contributed by atoms with Crippen molar-refractivity contribution in [2.45, 2.75) is 31.9 Å². The molecule has 0 atom stereocenters. The van der Waals surface area contributed by atoms with Crippen LogP contribution in [0.2, 0.25) is 0 Å². The summed E-state index contributed by atoms with van der Waals surface area (Å²) in [6.07, 6.45) is 1.71. The van der Waals surface area contributed by atoms with Crippen LogP contribution in [0.25, 0.3) is 0 Å². The Hall–Kier alpha value is -1.36. The lowest BCUT2D eigenvalue weighted by Gasteiger charge is -2.23. The van der Waals surface area contributed by atoms with Gasteiger partial charge in [0.1, 0.15) is 0 Å². The lowest BCUT2D eigenvalue weighted by atomic mass is 10.1. The van der Waals surface area contributed by atoms with Crippen molar-refractivity contribution in [2.24, 2.45) is 0 Å². The van der Waals surface area contributed by atoms with Gasteiger partial charge in [-0.3, -0.25) is 4.79 Å². The Morgan fingerprint density at radius 3 is 2.16 bits per heavy atom. The van der Waals surface area contributed by atoms with Crippen LogP contribution in [-0.2, 0) is 9.84 Å². The van der Waals surface area contributed by atoms with Crippen LogP contribution in [0.5, 0.6) is 0 Å². The van der Waals surface area contributed by atoms with Gasteiger partial charge in [0, 0.05) is 30.5 Å². The average Bonchev–Trinajstić information content (AvgIpc) is 2.35. The van der Waals surface area contributed by atoms with Crippen molar-refractivity contribution in [1.82, 2.24) is 0 Å². The van der Waals surface area contributed by atoms with Crippen LogP contribution in [0.3, 0.4) is 0 Å². The number of benzene rings is 1. The highest BCUT2D eigenvalue weighted by Crippen LogP contribution is 2.17. The molecule has 0 aliphatic heterocycles. The van der Waals surface area contributed by atoms with E-state index in [0.717, 1.165) is 5.69 Å². The van der Waals surface area contributed by atoms with Crippen LogP contribution >= 0.6 is 0 Å². The number of carbonyl (C=O) groups is 1. The summed E-state index contributed by atoms with van der Waals surface area (Å²) in [4.78, 5) is 11.5. The number of anilines is 1. The van der Waals surface area contributed by atoms with E-state index in [1.54, 1.807) is 38.1 Å². The quantitative estimate of drug-likeness (QED) is 0.815. The molecule has 1 N–H and O–H groups in total. The highest BCUT2D eigenvalue weighted by atomic mass is 32.2. The number of rotatable bonds is 6. The first-order chi connectivity index (χ1) is 8.67. The third kappa shape index (κ3) is 4.06. The molecule has 1 aromatic rings. The summed E-state index contributed by atoms with van der Waals surface area (Å²) in [5.41, 5.74) is 1.49. The second kappa shape index (κ2) is 5.74. The van der Waals surface area contributed by atoms with Crippen molar-refractivity contribution in [3.63, 3.8) is 0 Å². The molecule has 5 heteroatoms. The number of carbonyl (C=O) groups excluding carboxylic acids is 1. The van der Waals surface area contributed by atoms with Crippen LogP contribution in [0.15, 0.2) is 24.3 Å². The van der Waals surface area contributed by atoms with Gasteiger partial charge in [-0.25, -0.2) is 8.42 Å². The van der Waals surface area contributed by atoms with Gasteiger partial charge in [0.05, 0.1) is 4.75 Å². The minimum absolute atomic E-state index is 0.100. The fraction of sp³-hybridized carbons (Fsp3) is 0.500. The molecular formula is C14H21NO3S. The van der Waals surface area contributed by atoms with Gasteiger partial charge in [-0.2, -0.15) is 0 Å². The van der Waals surface area contributed by atoms with Crippen molar-refractivity contribution < 1.29 is 13.2 Å². The van der Waals surface area contributed by atoms with Crippen molar-refractivity contribution >= 4 is 21.3 Å². The molecule has 1 aromatic carbocycles. The molecule has 0 aromatic heterocycles. The summed E-state index contributed by atoms with van der Waals surface area (Å²) in [6.45, 7) is 5.52. The number of sulfone groups is 1. The second-order valence-corrected chi connectivity index (χ2v) is 7.89. The number of hydrogen-bond donors (Lipinski definition) is 1. The fourth-order valence-electron chi connectivity index (χ4n) is 1.42. The van der Waals surface area contributed by atoms with Crippen molar-refractivity contribution in [3.8, 4) is 0 Å². The molecule has 106 valence electrons. The highest BCUT2D eigenvalue weighted by molar-refractivity contribution is 7.92. The topological polar surface area (TPSA) is 63.2 Å². The Labute approximate surface area is 115 Å². The van der Waals surface area contributed by atoms with E-state index in [0.29, 0.717) is 18.5 Å². The van der Waals surface area contributed by atoms with E-state index in [2.05, 4.69) is 5.32 Å². The highest BCUT2D eigenvalue weighted by Gasteiger charge is 2.29. The van der Waals surface area contributed by atoms with Gasteiger partial charge in [-0.1, -0.05) is 6.92 Å². The van der Waals surface area contributed by atoms with Crippen LogP contribution in [0, 0.1) is 0 Å². The number of Topliss-reactive ketones (excluding diaryl/α,β-unsaturated/α-hetero) is 1. The second-order valence-electron chi connectivity index (χ2n) is 5.24. The molecule has 0 aliphatic carbocycles. The average molecular weight is 283 g/mol. The predicted octanol–water partition coefficient (Wildman–Crippen LogP) is 2.51. The van der Waals surface area contributed by atoms with Gasteiger partial charge >= 0.3 is 0 Å². The molecule has 0 aliphatic rings. The number of hydrogen-bond acceptors (Lipinski definition) is 4. The van der Waals surface area contributed by atoms with Crippen molar-refractivity contribution in [3.05, 3.63) is 29.8 Å². The maximum absolute atomic E-state index is 11.6. The summed E-state index contributed by atoms with van der Waals surface area (Å²) in [5.74, 6) is 0.100. The van der Waals surface area contributed by atoms with Crippen LogP contribution < -0.4 is 5.32 Å². The van der Waals surface area contributed by atoms with Gasteiger partial charge in [0.15, 0.2) is 15.6 Å². The van der Waals surface area contributed by atoms with E-state index in [4.69, 9.17) is 0 Å². The first-order valence-electron chi connectivity index (χ1n) is 6.24. The van der Waals surface area contributed by atoms with Gasteiger partial charge in [0.2, 0.25) is 0 Å². The van der Waals surface area contributed by atoms with E-state index in [1.165, 1.54) is 6.26 Å². The number of nitrogens with one attached hydrogen (secondary N) is 1. The molecule has 0 radical (unpaired) electrons. The van der Waals surface area contributed by atoms with Gasteiger partial charge in [-0.05, 0) is 38.1 Å². The summed E-state index contributed by atoms with van der Waals surface area (Å²) in [6, 6.07) is 7.09. The SMILES string of the molecule is CCC(=O)c1ccc(NCC(C)(C)S(C)(=O)=O)cc1. The van der Waals surface area contributed by atoms with Crippen LogP contribution in [-0.4, -0.2) is 31.7 Å². The molecule has 19 heavy (non-hydrogen) atoms. The normalized spacial score (nSPS) is 12.2. The van der Waals surface area contributed by atoms with Crippen molar-refractivity contribution in [1.29, 1.82) is 0 Å². The smallest absolute Gasteiger partial charge is 0.162 e. The van der Waals surface area contributed by atoms with E-state index in [9.17, 15) is 13.2 Å². The number of ketones is 1. The Morgan fingerprint density at radius 2 is 1.74 bits per heavy atom. The Balaban J connectivity index is 2.72. The van der Waals surface area contributed by atoms with Crippen molar-refractivity contribution in [2.75, 3.05) is 18.1 Å². The molecule has 0 amide bonds. The molecule has 0 bridgehead atoms. The molecule has 4 nitrogen and oxygen atoms in total. The minimum atomic E-state index is -3.11. The third-order valence-electron chi connectivity index (χ3n) is 3.25. The monoisotopic (exact) mass is 283 g/mol. The molecular weight excluding hydrogens is 262 g/mol.